The summed E-state index contributed by atoms with van der Waals surface area (Å²) in [5.74, 6) is -0.414. The van der Waals surface area contributed by atoms with E-state index >= 15 is 0 Å². The summed E-state index contributed by atoms with van der Waals surface area (Å²) in [5.41, 5.74) is 0.909. The van der Waals surface area contributed by atoms with E-state index in [1.54, 1.807) is 38.4 Å². The molecule has 0 saturated heterocycles. The fraction of sp³-hybridized carbons (Fsp3) is 0.273. The molecule has 86 valence electrons. The Kier molecular flexibility index (Phi) is 4.02. The second-order valence-corrected chi connectivity index (χ2v) is 3.46. The number of carbonyl (C=O) groups is 1. The number of hydrogen-bond acceptors (Lipinski definition) is 4. The lowest BCUT2D eigenvalue weighted by atomic mass is 10.0. The first-order valence-electron chi connectivity index (χ1n) is 4.74. The maximum atomic E-state index is 11.7. The molecular formula is C11H14N2O3. The van der Waals surface area contributed by atoms with Crippen LogP contribution in [0.2, 0.25) is 0 Å². The minimum atomic E-state index is -0.414. The van der Waals surface area contributed by atoms with Crippen molar-refractivity contribution in [1.29, 1.82) is 0 Å². The summed E-state index contributed by atoms with van der Waals surface area (Å²) in [4.78, 5) is 13.0. The van der Waals surface area contributed by atoms with Gasteiger partial charge < -0.3 is 15.2 Å². The van der Waals surface area contributed by atoms with E-state index in [0.29, 0.717) is 11.1 Å². The van der Waals surface area contributed by atoms with Crippen LogP contribution in [0.1, 0.15) is 11.1 Å². The Bertz CT molecular complexity index is 413. The predicted molar refractivity (Wildman–Crippen MR) is 59.4 cm³/mol. The van der Waals surface area contributed by atoms with Gasteiger partial charge in [0.15, 0.2) is 5.71 Å². The minimum Gasteiger partial charge on any atom is -0.410 e. The third-order valence-electron chi connectivity index (χ3n) is 2.15. The lowest BCUT2D eigenvalue weighted by Crippen LogP contribution is -2.31. The molecule has 0 aliphatic carbocycles. The average molecular weight is 222 g/mol. The second-order valence-electron chi connectivity index (χ2n) is 3.46. The van der Waals surface area contributed by atoms with Crippen LogP contribution in [0.5, 0.6) is 0 Å². The summed E-state index contributed by atoms with van der Waals surface area (Å²) in [6.07, 6.45) is 0. The number of hydrogen-bond donors (Lipinski definition) is 2. The molecule has 0 spiro atoms. The molecule has 0 heterocycles. The van der Waals surface area contributed by atoms with Gasteiger partial charge in [-0.3, -0.25) is 4.79 Å². The van der Waals surface area contributed by atoms with E-state index in [2.05, 4.69) is 5.16 Å². The maximum absolute atomic E-state index is 11.7. The first kappa shape index (κ1) is 12.2. The van der Waals surface area contributed by atoms with Gasteiger partial charge in [0.2, 0.25) is 0 Å². The van der Waals surface area contributed by atoms with Gasteiger partial charge in [0.25, 0.3) is 5.91 Å². The first-order chi connectivity index (χ1) is 7.61. The van der Waals surface area contributed by atoms with E-state index in [9.17, 15) is 4.79 Å². The number of aliphatic hydroxyl groups is 1. The molecule has 0 aliphatic rings. The average Bonchev–Trinajstić information content (AvgIpc) is 2.30. The molecule has 0 saturated carbocycles. The van der Waals surface area contributed by atoms with Crippen LogP contribution in [0.15, 0.2) is 29.4 Å². The molecule has 1 rings (SSSR count). The zero-order chi connectivity index (χ0) is 12.1. The molecule has 1 aromatic rings. The zero-order valence-corrected chi connectivity index (χ0v) is 9.21. The molecule has 1 amide bonds. The quantitative estimate of drug-likeness (QED) is 0.443. The number of likely N-dealkylation sites (N-methyl/N-ethyl adjacent to an activating group) is 1. The summed E-state index contributed by atoms with van der Waals surface area (Å²) in [5, 5.41) is 21.0. The summed E-state index contributed by atoms with van der Waals surface area (Å²) < 4.78 is 0. The lowest BCUT2D eigenvalue weighted by molar-refractivity contribution is -0.121. The number of benzene rings is 1. The lowest BCUT2D eigenvalue weighted by Gasteiger charge is -2.13. The summed E-state index contributed by atoms with van der Waals surface area (Å²) >= 11 is 0. The Balaban J connectivity index is 3.20. The fourth-order valence-electron chi connectivity index (χ4n) is 1.31. The largest absolute Gasteiger partial charge is 0.410 e. The highest BCUT2D eigenvalue weighted by Gasteiger charge is 2.19. The smallest absolute Gasteiger partial charge is 0.276 e. The summed E-state index contributed by atoms with van der Waals surface area (Å²) in [6, 6.07) is 6.75. The molecule has 5 heteroatoms. The number of rotatable bonds is 3. The molecule has 0 bridgehead atoms. The van der Waals surface area contributed by atoms with E-state index in [4.69, 9.17) is 10.3 Å². The van der Waals surface area contributed by atoms with Crippen molar-refractivity contribution in [3.8, 4) is 0 Å². The van der Waals surface area contributed by atoms with Gasteiger partial charge in [0.1, 0.15) is 0 Å². The zero-order valence-electron chi connectivity index (χ0n) is 9.21. The molecule has 0 atom stereocenters. The van der Waals surface area contributed by atoms with Gasteiger partial charge in [-0.15, -0.1) is 0 Å². The molecule has 5 nitrogen and oxygen atoms in total. The third-order valence-corrected chi connectivity index (χ3v) is 2.15. The van der Waals surface area contributed by atoms with E-state index in [1.165, 1.54) is 4.90 Å². The van der Waals surface area contributed by atoms with Crippen LogP contribution in [0, 0.1) is 0 Å². The van der Waals surface area contributed by atoms with Crippen molar-refractivity contribution >= 4 is 11.6 Å². The second kappa shape index (κ2) is 5.27. The van der Waals surface area contributed by atoms with Crippen LogP contribution < -0.4 is 0 Å². The maximum Gasteiger partial charge on any atom is 0.276 e. The molecule has 0 unspecified atom stereocenters. The van der Waals surface area contributed by atoms with Gasteiger partial charge in [-0.2, -0.15) is 0 Å². The molecule has 0 aromatic heterocycles. The van der Waals surface area contributed by atoms with Crippen LogP contribution in [-0.4, -0.2) is 40.9 Å². The van der Waals surface area contributed by atoms with E-state index in [0.717, 1.165) is 0 Å². The molecule has 2 N–H and O–H groups in total. The van der Waals surface area contributed by atoms with Crippen molar-refractivity contribution in [2.75, 3.05) is 14.1 Å². The third kappa shape index (κ3) is 2.38. The SMILES string of the molecule is CN(C)C(=O)/C(=N\O)c1ccccc1CO. The number of oxime groups is 1. The van der Waals surface area contributed by atoms with Gasteiger partial charge >= 0.3 is 0 Å². The van der Waals surface area contributed by atoms with Gasteiger partial charge in [-0.25, -0.2) is 0 Å². The van der Waals surface area contributed by atoms with Crippen molar-refractivity contribution in [3.63, 3.8) is 0 Å². The van der Waals surface area contributed by atoms with Crippen LogP contribution in [-0.2, 0) is 11.4 Å². The number of amides is 1. The van der Waals surface area contributed by atoms with Crippen molar-refractivity contribution in [1.82, 2.24) is 4.90 Å². The monoisotopic (exact) mass is 222 g/mol. The molecule has 16 heavy (non-hydrogen) atoms. The Morgan fingerprint density at radius 3 is 2.50 bits per heavy atom. The normalized spacial score (nSPS) is 11.3. The van der Waals surface area contributed by atoms with Crippen molar-refractivity contribution < 1.29 is 15.1 Å². The van der Waals surface area contributed by atoms with Crippen molar-refractivity contribution in [2.45, 2.75) is 6.61 Å². The van der Waals surface area contributed by atoms with Crippen LogP contribution in [0.25, 0.3) is 0 Å². The number of nitrogens with zero attached hydrogens (tertiary/aromatic N) is 2. The van der Waals surface area contributed by atoms with Gasteiger partial charge in [0, 0.05) is 19.7 Å². The van der Waals surface area contributed by atoms with Gasteiger partial charge in [-0.05, 0) is 5.56 Å². The first-order valence-corrected chi connectivity index (χ1v) is 4.74. The predicted octanol–water partition coefficient (Wildman–Crippen LogP) is 0.445. The Labute approximate surface area is 93.6 Å². The van der Waals surface area contributed by atoms with Crippen LogP contribution in [0.4, 0.5) is 0 Å². The fourth-order valence-corrected chi connectivity index (χ4v) is 1.31. The highest BCUT2D eigenvalue weighted by atomic mass is 16.4. The molecule has 1 aromatic carbocycles. The Morgan fingerprint density at radius 2 is 2.00 bits per heavy atom. The minimum absolute atomic E-state index is 0.0744. The Hall–Kier alpha value is -1.88. The van der Waals surface area contributed by atoms with E-state index < -0.39 is 5.91 Å². The molecule has 0 radical (unpaired) electrons. The summed E-state index contributed by atoms with van der Waals surface area (Å²) in [6.45, 7) is -0.212. The molecule has 0 aliphatic heterocycles. The van der Waals surface area contributed by atoms with Gasteiger partial charge in [-0.1, -0.05) is 29.4 Å². The van der Waals surface area contributed by atoms with E-state index in [1.807, 2.05) is 0 Å². The van der Waals surface area contributed by atoms with Gasteiger partial charge in [0.05, 0.1) is 6.61 Å². The van der Waals surface area contributed by atoms with Crippen LogP contribution in [0.3, 0.4) is 0 Å². The molecular weight excluding hydrogens is 208 g/mol. The molecule has 0 fully saturated rings. The number of carbonyl (C=O) groups excluding carboxylic acids is 1. The summed E-state index contributed by atoms with van der Waals surface area (Å²) in [7, 11) is 3.13. The standard InChI is InChI=1S/C11H14N2O3/c1-13(2)11(15)10(12-16)9-6-4-3-5-8(9)7-14/h3-6,14,16H,7H2,1-2H3/b12-10-. The highest BCUT2D eigenvalue weighted by Crippen LogP contribution is 2.11. The highest BCUT2D eigenvalue weighted by molar-refractivity contribution is 6.45. The van der Waals surface area contributed by atoms with Crippen LogP contribution >= 0.6 is 0 Å². The van der Waals surface area contributed by atoms with E-state index in [-0.39, 0.29) is 12.3 Å². The Morgan fingerprint density at radius 1 is 1.38 bits per heavy atom. The van der Waals surface area contributed by atoms with Crippen molar-refractivity contribution in [3.05, 3.63) is 35.4 Å². The van der Waals surface area contributed by atoms with Crippen molar-refractivity contribution in [2.24, 2.45) is 5.16 Å². The number of aliphatic hydroxyl groups excluding tert-OH is 1. The topological polar surface area (TPSA) is 73.1 Å².